The molecule has 1 spiro atoms. The average Bonchev–Trinajstić information content (AvgIpc) is 2.83. The lowest BCUT2D eigenvalue weighted by Crippen LogP contribution is -2.48. The average molecular weight is 367 g/mol. The number of urea groups is 1. The number of nitrogens with zero attached hydrogens (tertiary/aromatic N) is 2. The molecule has 0 atom stereocenters. The molecule has 0 radical (unpaired) electrons. The molecule has 2 fully saturated rings. The minimum atomic E-state index is -3.01. The third-order valence-corrected chi connectivity index (χ3v) is 4.57. The Hall–Kier alpha value is -2.71. The van der Waals surface area contributed by atoms with E-state index in [0.717, 1.165) is 24.3 Å². The third-order valence-electron chi connectivity index (χ3n) is 4.57. The molecule has 1 aromatic rings. The predicted octanol–water partition coefficient (Wildman–Crippen LogP) is 2.89. The van der Waals surface area contributed by atoms with E-state index >= 15 is 0 Å². The number of hydrazone groups is 1. The molecule has 3 amide bonds. The maximum absolute atomic E-state index is 12.6. The van der Waals surface area contributed by atoms with Gasteiger partial charge in [-0.15, -0.1) is 5.01 Å². The summed E-state index contributed by atoms with van der Waals surface area (Å²) in [4.78, 5) is 24.7. The van der Waals surface area contributed by atoms with E-state index < -0.39 is 18.2 Å². The number of nitrogens with one attached hydrogen (secondary N) is 1. The highest BCUT2D eigenvalue weighted by Gasteiger charge is 2.51. The van der Waals surface area contributed by atoms with Crippen molar-refractivity contribution in [3.63, 3.8) is 0 Å². The third kappa shape index (κ3) is 3.47. The molecule has 1 saturated heterocycles. The SMILES string of the molecule is COc1ccc(/C=N\N2C(=O)NC3(CCCCC3)C2=O)cc1OC(F)F. The van der Waals surface area contributed by atoms with Crippen molar-refractivity contribution in [3.8, 4) is 11.5 Å². The van der Waals surface area contributed by atoms with Gasteiger partial charge in [-0.2, -0.15) is 13.9 Å². The van der Waals surface area contributed by atoms with Gasteiger partial charge in [0, 0.05) is 0 Å². The Labute approximate surface area is 148 Å². The Morgan fingerprint density at radius 2 is 1.96 bits per heavy atom. The van der Waals surface area contributed by atoms with Gasteiger partial charge in [0.05, 0.1) is 13.3 Å². The van der Waals surface area contributed by atoms with E-state index in [2.05, 4.69) is 15.2 Å². The summed E-state index contributed by atoms with van der Waals surface area (Å²) in [6.07, 6.45) is 5.22. The number of alkyl halides is 2. The van der Waals surface area contributed by atoms with Crippen LogP contribution < -0.4 is 14.8 Å². The summed E-state index contributed by atoms with van der Waals surface area (Å²) in [7, 11) is 1.33. The molecule has 0 aromatic heterocycles. The second-order valence-electron chi connectivity index (χ2n) is 6.22. The van der Waals surface area contributed by atoms with E-state index in [-0.39, 0.29) is 17.4 Å². The van der Waals surface area contributed by atoms with Crippen molar-refractivity contribution in [2.45, 2.75) is 44.3 Å². The number of amides is 3. The van der Waals surface area contributed by atoms with Crippen LogP contribution in [0.15, 0.2) is 23.3 Å². The van der Waals surface area contributed by atoms with Crippen LogP contribution in [0, 0.1) is 0 Å². The Morgan fingerprint density at radius 3 is 2.62 bits per heavy atom. The van der Waals surface area contributed by atoms with Crippen LogP contribution in [0.25, 0.3) is 0 Å². The highest BCUT2D eigenvalue weighted by atomic mass is 19.3. The van der Waals surface area contributed by atoms with Gasteiger partial charge in [0.15, 0.2) is 11.5 Å². The first-order valence-corrected chi connectivity index (χ1v) is 8.29. The molecule has 7 nitrogen and oxygen atoms in total. The molecule has 26 heavy (non-hydrogen) atoms. The van der Waals surface area contributed by atoms with Crippen molar-refractivity contribution in [1.29, 1.82) is 0 Å². The van der Waals surface area contributed by atoms with Crippen LogP contribution in [0.2, 0.25) is 0 Å². The number of carbonyl (C=O) groups is 2. The number of carbonyl (C=O) groups excluding carboxylic acids is 2. The van der Waals surface area contributed by atoms with Gasteiger partial charge in [0.1, 0.15) is 5.54 Å². The molecule has 1 aliphatic heterocycles. The van der Waals surface area contributed by atoms with Gasteiger partial charge in [-0.1, -0.05) is 19.3 Å². The lowest BCUT2D eigenvalue weighted by atomic mass is 9.82. The Balaban J connectivity index is 1.79. The summed E-state index contributed by atoms with van der Waals surface area (Å²) in [5, 5.41) is 7.48. The molecule has 1 saturated carbocycles. The summed E-state index contributed by atoms with van der Waals surface area (Å²) >= 11 is 0. The van der Waals surface area contributed by atoms with Gasteiger partial charge < -0.3 is 14.8 Å². The number of hydrogen-bond donors (Lipinski definition) is 1. The fourth-order valence-corrected chi connectivity index (χ4v) is 3.29. The van der Waals surface area contributed by atoms with Crippen molar-refractivity contribution in [2.24, 2.45) is 5.10 Å². The maximum atomic E-state index is 12.6. The molecule has 1 N–H and O–H groups in total. The van der Waals surface area contributed by atoms with Crippen LogP contribution in [-0.2, 0) is 4.79 Å². The Bertz CT molecular complexity index is 733. The number of rotatable bonds is 5. The molecule has 3 rings (SSSR count). The summed E-state index contributed by atoms with van der Waals surface area (Å²) in [6, 6.07) is 3.71. The fraction of sp³-hybridized carbons (Fsp3) is 0.471. The highest BCUT2D eigenvalue weighted by molar-refractivity contribution is 6.07. The topological polar surface area (TPSA) is 80.2 Å². The van der Waals surface area contributed by atoms with E-state index in [1.54, 1.807) is 6.07 Å². The Kier molecular flexibility index (Phi) is 5.06. The second-order valence-corrected chi connectivity index (χ2v) is 6.22. The zero-order chi connectivity index (χ0) is 18.7. The smallest absolute Gasteiger partial charge is 0.387 e. The largest absolute Gasteiger partial charge is 0.493 e. The van der Waals surface area contributed by atoms with Gasteiger partial charge in [0.2, 0.25) is 0 Å². The van der Waals surface area contributed by atoms with Gasteiger partial charge in [-0.25, -0.2) is 4.79 Å². The minimum Gasteiger partial charge on any atom is -0.493 e. The van der Waals surface area contributed by atoms with Crippen molar-refractivity contribution in [1.82, 2.24) is 10.3 Å². The lowest BCUT2D eigenvalue weighted by Gasteiger charge is -2.29. The molecular weight excluding hydrogens is 348 g/mol. The van der Waals surface area contributed by atoms with E-state index in [9.17, 15) is 18.4 Å². The molecule has 1 aliphatic carbocycles. The first kappa shape index (κ1) is 18.1. The number of halogens is 2. The van der Waals surface area contributed by atoms with Crippen LogP contribution in [0.1, 0.15) is 37.7 Å². The monoisotopic (exact) mass is 367 g/mol. The van der Waals surface area contributed by atoms with Crippen LogP contribution in [0.5, 0.6) is 11.5 Å². The number of methoxy groups -OCH3 is 1. The van der Waals surface area contributed by atoms with Gasteiger partial charge >= 0.3 is 12.6 Å². The normalized spacial score (nSPS) is 19.5. The fourth-order valence-electron chi connectivity index (χ4n) is 3.29. The molecule has 9 heteroatoms. The first-order chi connectivity index (χ1) is 12.4. The number of ether oxygens (including phenoxy) is 2. The standard InChI is InChI=1S/C17H19F2N3O4/c1-25-12-6-5-11(9-13(12)26-15(18)19)10-20-22-14(23)17(21-16(22)24)7-3-2-4-8-17/h5-6,9-10,15H,2-4,7-8H2,1H3,(H,21,24)/b20-10-. The molecular formula is C17H19F2N3O4. The molecule has 1 heterocycles. The summed E-state index contributed by atoms with van der Waals surface area (Å²) in [6.45, 7) is -3.01. The zero-order valence-electron chi connectivity index (χ0n) is 14.2. The predicted molar refractivity (Wildman–Crippen MR) is 88.4 cm³/mol. The van der Waals surface area contributed by atoms with Crippen molar-refractivity contribution in [2.75, 3.05) is 7.11 Å². The molecule has 0 unspecified atom stereocenters. The Morgan fingerprint density at radius 1 is 1.23 bits per heavy atom. The number of benzene rings is 1. The van der Waals surface area contributed by atoms with Crippen LogP contribution in [0.3, 0.4) is 0 Å². The molecule has 2 aliphatic rings. The van der Waals surface area contributed by atoms with E-state index in [0.29, 0.717) is 18.4 Å². The summed E-state index contributed by atoms with van der Waals surface area (Å²) in [5.74, 6) is -0.401. The van der Waals surface area contributed by atoms with Crippen LogP contribution in [-0.4, -0.2) is 42.4 Å². The van der Waals surface area contributed by atoms with Crippen LogP contribution in [0.4, 0.5) is 13.6 Å². The first-order valence-electron chi connectivity index (χ1n) is 8.29. The van der Waals surface area contributed by atoms with E-state index in [1.165, 1.54) is 25.5 Å². The zero-order valence-corrected chi connectivity index (χ0v) is 14.2. The van der Waals surface area contributed by atoms with Crippen molar-refractivity contribution in [3.05, 3.63) is 23.8 Å². The minimum absolute atomic E-state index is 0.138. The number of hydrogen-bond acceptors (Lipinski definition) is 5. The van der Waals surface area contributed by atoms with Gasteiger partial charge in [0.25, 0.3) is 5.91 Å². The number of imide groups is 1. The quantitative estimate of drug-likeness (QED) is 0.641. The van der Waals surface area contributed by atoms with E-state index in [4.69, 9.17) is 4.74 Å². The van der Waals surface area contributed by atoms with Crippen LogP contribution >= 0.6 is 0 Å². The summed E-state index contributed by atoms with van der Waals surface area (Å²) in [5.41, 5.74) is -0.483. The second kappa shape index (κ2) is 7.27. The van der Waals surface area contributed by atoms with E-state index in [1.807, 2.05) is 0 Å². The summed E-state index contributed by atoms with van der Waals surface area (Å²) < 4.78 is 34.3. The highest BCUT2D eigenvalue weighted by Crippen LogP contribution is 2.34. The maximum Gasteiger partial charge on any atom is 0.387 e. The molecule has 0 bridgehead atoms. The lowest BCUT2D eigenvalue weighted by molar-refractivity contribution is -0.132. The molecule has 140 valence electrons. The van der Waals surface area contributed by atoms with Crippen molar-refractivity contribution >= 4 is 18.2 Å². The van der Waals surface area contributed by atoms with Gasteiger partial charge in [-0.05, 0) is 36.6 Å². The van der Waals surface area contributed by atoms with Gasteiger partial charge in [-0.3, -0.25) is 4.79 Å². The van der Waals surface area contributed by atoms with Crippen molar-refractivity contribution < 1.29 is 27.8 Å². The molecule has 1 aromatic carbocycles.